The predicted molar refractivity (Wildman–Crippen MR) is 120 cm³/mol. The molecule has 33 heavy (non-hydrogen) atoms. The van der Waals surface area contributed by atoms with Crippen molar-refractivity contribution in [2.24, 2.45) is 5.92 Å². The van der Waals surface area contributed by atoms with Crippen LogP contribution < -0.4 is 5.32 Å². The maximum atomic E-state index is 14.8. The monoisotopic (exact) mass is 451 g/mol. The number of alkyl halides is 1. The van der Waals surface area contributed by atoms with Crippen molar-refractivity contribution in [3.8, 4) is 11.1 Å². The molecule has 0 aromatic carbocycles. The SMILES string of the molecule is CCCC(O)c1cc(C)c(-c2cc3cnc(NC(=O)[C@H]4C[C@H]4F)cc3n3c(F)cnc23)cn1. The molecule has 170 valence electrons. The number of aliphatic hydroxyl groups excluding tert-OH is 1. The van der Waals surface area contributed by atoms with Gasteiger partial charge in [0.05, 0.1) is 29.4 Å². The molecule has 0 bridgehead atoms. The lowest BCUT2D eigenvalue weighted by Crippen LogP contribution is -2.16. The first-order valence-electron chi connectivity index (χ1n) is 10.9. The quantitative estimate of drug-likeness (QED) is 0.450. The molecule has 1 aliphatic carbocycles. The van der Waals surface area contributed by atoms with Gasteiger partial charge in [0.25, 0.3) is 0 Å². The van der Waals surface area contributed by atoms with E-state index in [0.717, 1.165) is 23.7 Å². The van der Waals surface area contributed by atoms with Gasteiger partial charge in [-0.2, -0.15) is 4.39 Å². The van der Waals surface area contributed by atoms with E-state index < -0.39 is 30.0 Å². The number of anilines is 1. The number of halogens is 2. The Bertz CT molecular complexity index is 1390. The van der Waals surface area contributed by atoms with Crippen molar-refractivity contribution >= 4 is 28.3 Å². The lowest BCUT2D eigenvalue weighted by Gasteiger charge is -2.14. The summed E-state index contributed by atoms with van der Waals surface area (Å²) in [6.45, 7) is 3.91. The van der Waals surface area contributed by atoms with E-state index in [4.69, 9.17) is 0 Å². The van der Waals surface area contributed by atoms with Crippen LogP contribution in [0.3, 0.4) is 0 Å². The van der Waals surface area contributed by atoms with Gasteiger partial charge in [-0.15, -0.1) is 0 Å². The molecule has 0 spiro atoms. The lowest BCUT2D eigenvalue weighted by molar-refractivity contribution is -0.117. The highest BCUT2D eigenvalue weighted by Crippen LogP contribution is 2.35. The topological polar surface area (TPSA) is 92.4 Å². The van der Waals surface area contributed by atoms with E-state index in [0.29, 0.717) is 34.2 Å². The molecule has 4 heterocycles. The van der Waals surface area contributed by atoms with Crippen LogP contribution in [0.25, 0.3) is 27.7 Å². The number of aliphatic hydroxyl groups is 1. The molecular weight excluding hydrogens is 428 g/mol. The van der Waals surface area contributed by atoms with Crippen molar-refractivity contribution in [1.82, 2.24) is 19.4 Å². The van der Waals surface area contributed by atoms with Crippen molar-refractivity contribution in [3.63, 3.8) is 0 Å². The fraction of sp³-hybridized carbons (Fsp3) is 0.333. The van der Waals surface area contributed by atoms with Gasteiger partial charge in [0.2, 0.25) is 11.9 Å². The summed E-state index contributed by atoms with van der Waals surface area (Å²) in [6, 6.07) is 5.24. The highest BCUT2D eigenvalue weighted by atomic mass is 19.1. The number of fused-ring (bicyclic) bond motifs is 3. The molecule has 7 nitrogen and oxygen atoms in total. The zero-order chi connectivity index (χ0) is 23.3. The maximum Gasteiger partial charge on any atom is 0.231 e. The number of hydrogen-bond acceptors (Lipinski definition) is 5. The third-order valence-electron chi connectivity index (χ3n) is 6.04. The molecule has 4 aromatic heterocycles. The number of carbonyl (C=O) groups is 1. The molecule has 0 radical (unpaired) electrons. The van der Waals surface area contributed by atoms with Crippen LogP contribution in [-0.4, -0.2) is 36.5 Å². The summed E-state index contributed by atoms with van der Waals surface area (Å²) in [6.07, 6.45) is 4.27. The summed E-state index contributed by atoms with van der Waals surface area (Å²) >= 11 is 0. The molecule has 1 aliphatic rings. The summed E-state index contributed by atoms with van der Waals surface area (Å²) in [4.78, 5) is 25.0. The van der Waals surface area contributed by atoms with Crippen molar-refractivity contribution in [2.45, 2.75) is 45.4 Å². The number of pyridine rings is 3. The Balaban J connectivity index is 1.59. The van der Waals surface area contributed by atoms with Gasteiger partial charge in [-0.1, -0.05) is 13.3 Å². The first-order chi connectivity index (χ1) is 15.9. The summed E-state index contributed by atoms with van der Waals surface area (Å²) in [5.41, 5.74) is 3.77. The standard InChI is InChI=1S/C24H23F2N5O2/c1-3-4-20(32)18-5-12(2)16(10-27-18)14-6-13-9-28-22(30-24(33)15-7-17(15)25)8-19(13)31-21(26)11-29-23(14)31/h5-6,8-11,15,17,20,32H,3-4,7H2,1-2H3,(H,28,30,33)/t15-,17+,20?/m0/s1. The number of aromatic nitrogens is 4. The smallest absolute Gasteiger partial charge is 0.231 e. The molecular formula is C24H23F2N5O2. The highest BCUT2D eigenvalue weighted by molar-refractivity contribution is 5.97. The molecule has 9 heteroatoms. The summed E-state index contributed by atoms with van der Waals surface area (Å²) in [5.74, 6) is -1.42. The van der Waals surface area contributed by atoms with Crippen molar-refractivity contribution in [3.05, 3.63) is 54.0 Å². The van der Waals surface area contributed by atoms with Gasteiger partial charge in [0.1, 0.15) is 17.6 Å². The van der Waals surface area contributed by atoms with E-state index in [9.17, 15) is 18.7 Å². The van der Waals surface area contributed by atoms with E-state index in [1.54, 1.807) is 12.3 Å². The van der Waals surface area contributed by atoms with Gasteiger partial charge < -0.3 is 10.4 Å². The number of nitrogens with one attached hydrogen (secondary N) is 1. The van der Waals surface area contributed by atoms with Gasteiger partial charge in [-0.25, -0.2) is 14.4 Å². The molecule has 3 atom stereocenters. The summed E-state index contributed by atoms with van der Waals surface area (Å²) in [7, 11) is 0. The Morgan fingerprint density at radius 1 is 1.21 bits per heavy atom. The van der Waals surface area contributed by atoms with Crippen LogP contribution in [0.4, 0.5) is 14.6 Å². The van der Waals surface area contributed by atoms with Crippen LogP contribution in [0.15, 0.2) is 36.8 Å². The third kappa shape index (κ3) is 3.82. The molecule has 1 saturated carbocycles. The van der Waals surface area contributed by atoms with Crippen molar-refractivity contribution in [1.29, 1.82) is 0 Å². The first-order valence-corrected chi connectivity index (χ1v) is 10.9. The van der Waals surface area contributed by atoms with Crippen LogP contribution in [0, 0.1) is 18.8 Å². The zero-order valence-electron chi connectivity index (χ0n) is 18.2. The average molecular weight is 451 g/mol. The Labute approximate surface area is 188 Å². The average Bonchev–Trinajstić information content (AvgIpc) is 3.41. The minimum absolute atomic E-state index is 0.213. The van der Waals surface area contributed by atoms with Crippen LogP contribution >= 0.6 is 0 Å². The second-order valence-electron chi connectivity index (χ2n) is 8.50. The minimum Gasteiger partial charge on any atom is -0.387 e. The number of imidazole rings is 1. The summed E-state index contributed by atoms with van der Waals surface area (Å²) < 4.78 is 29.3. The second kappa shape index (κ2) is 8.15. The Morgan fingerprint density at radius 3 is 2.70 bits per heavy atom. The van der Waals surface area contributed by atoms with Gasteiger partial charge in [0, 0.05) is 35.0 Å². The normalized spacial score (nSPS) is 18.6. The predicted octanol–water partition coefficient (Wildman–Crippen LogP) is 4.52. The molecule has 0 aliphatic heterocycles. The number of aryl methyl sites for hydroxylation is 1. The molecule has 4 aromatic rings. The van der Waals surface area contributed by atoms with Crippen molar-refractivity contribution < 1.29 is 18.7 Å². The van der Waals surface area contributed by atoms with E-state index in [-0.39, 0.29) is 12.2 Å². The van der Waals surface area contributed by atoms with Gasteiger partial charge in [0.15, 0.2) is 0 Å². The summed E-state index contributed by atoms with van der Waals surface area (Å²) in [5, 5.41) is 13.5. The third-order valence-corrected chi connectivity index (χ3v) is 6.04. The number of carbonyl (C=O) groups excluding carboxylic acids is 1. The lowest BCUT2D eigenvalue weighted by atomic mass is 10.00. The van der Waals surface area contributed by atoms with Crippen LogP contribution in [0.2, 0.25) is 0 Å². The molecule has 1 fully saturated rings. The number of rotatable bonds is 6. The van der Waals surface area contributed by atoms with E-state index in [2.05, 4.69) is 20.3 Å². The van der Waals surface area contributed by atoms with Crippen LogP contribution in [0.5, 0.6) is 0 Å². The van der Waals surface area contributed by atoms with Gasteiger partial charge in [-0.3, -0.25) is 14.2 Å². The number of nitrogens with zero attached hydrogens (tertiary/aromatic N) is 4. The molecule has 1 unspecified atom stereocenters. The second-order valence-corrected chi connectivity index (χ2v) is 8.50. The fourth-order valence-electron chi connectivity index (χ4n) is 4.11. The van der Waals surface area contributed by atoms with E-state index in [1.165, 1.54) is 10.6 Å². The van der Waals surface area contributed by atoms with E-state index >= 15 is 0 Å². The zero-order valence-corrected chi connectivity index (χ0v) is 18.2. The Morgan fingerprint density at radius 2 is 2.00 bits per heavy atom. The maximum absolute atomic E-state index is 14.8. The molecule has 0 saturated heterocycles. The highest BCUT2D eigenvalue weighted by Gasteiger charge is 2.43. The number of hydrogen-bond donors (Lipinski definition) is 2. The Hall–Kier alpha value is -3.46. The van der Waals surface area contributed by atoms with Gasteiger partial charge >= 0.3 is 0 Å². The van der Waals surface area contributed by atoms with Crippen LogP contribution in [-0.2, 0) is 4.79 Å². The van der Waals surface area contributed by atoms with E-state index in [1.807, 2.05) is 26.0 Å². The Kier molecular flexibility index (Phi) is 5.28. The van der Waals surface area contributed by atoms with Crippen LogP contribution in [0.1, 0.15) is 43.5 Å². The first kappa shape index (κ1) is 21.4. The van der Waals surface area contributed by atoms with Crippen molar-refractivity contribution in [2.75, 3.05) is 5.32 Å². The largest absolute Gasteiger partial charge is 0.387 e. The van der Waals surface area contributed by atoms with Gasteiger partial charge in [-0.05, 0) is 37.5 Å². The minimum atomic E-state index is -1.11. The fourth-order valence-corrected chi connectivity index (χ4v) is 4.11. The molecule has 1 amide bonds. The molecule has 2 N–H and O–H groups in total. The molecule has 5 rings (SSSR count). The number of amides is 1.